The molecule has 5 heteroatoms. The minimum Gasteiger partial charge on any atom is -0.381 e. The average Bonchev–Trinajstić information content (AvgIpc) is 3.03. The highest BCUT2D eigenvalue weighted by atomic mass is 35.5. The lowest BCUT2D eigenvalue weighted by molar-refractivity contribution is 0.175. The Kier molecular flexibility index (Phi) is 5.67. The Morgan fingerprint density at radius 3 is 3.00 bits per heavy atom. The predicted molar refractivity (Wildman–Crippen MR) is 77.5 cm³/mol. The molecule has 1 aromatic heterocycles. The van der Waals surface area contributed by atoms with E-state index >= 15 is 0 Å². The van der Waals surface area contributed by atoms with Crippen molar-refractivity contribution in [2.45, 2.75) is 45.7 Å². The first kappa shape index (κ1) is 14.8. The predicted octanol–water partition coefficient (Wildman–Crippen LogP) is 3.02. The lowest BCUT2D eigenvalue weighted by Gasteiger charge is -2.25. The van der Waals surface area contributed by atoms with E-state index in [1.54, 1.807) is 6.20 Å². The lowest BCUT2D eigenvalue weighted by atomic mass is 9.95. The van der Waals surface area contributed by atoms with Gasteiger partial charge in [0, 0.05) is 19.1 Å². The minimum absolute atomic E-state index is 0.254. The van der Waals surface area contributed by atoms with Gasteiger partial charge in [0.25, 0.3) is 0 Å². The van der Waals surface area contributed by atoms with Crippen LogP contribution in [0.3, 0.4) is 0 Å². The van der Waals surface area contributed by atoms with E-state index in [0.29, 0.717) is 5.92 Å². The Morgan fingerprint density at radius 1 is 1.53 bits per heavy atom. The van der Waals surface area contributed by atoms with Crippen molar-refractivity contribution < 1.29 is 4.74 Å². The first-order valence-corrected chi connectivity index (χ1v) is 7.68. The third-order valence-electron chi connectivity index (χ3n) is 3.61. The zero-order valence-electron chi connectivity index (χ0n) is 11.9. The monoisotopic (exact) mass is 285 g/mol. The molecule has 1 N–H and O–H groups in total. The van der Waals surface area contributed by atoms with Crippen LogP contribution in [0.1, 0.15) is 44.8 Å². The highest BCUT2D eigenvalue weighted by Crippen LogP contribution is 2.33. The van der Waals surface area contributed by atoms with Crippen LogP contribution >= 0.6 is 11.6 Å². The average molecular weight is 286 g/mol. The van der Waals surface area contributed by atoms with Gasteiger partial charge in [-0.05, 0) is 25.8 Å². The van der Waals surface area contributed by atoms with Crippen LogP contribution in [-0.4, -0.2) is 29.5 Å². The molecule has 0 bridgehead atoms. The molecule has 2 rings (SSSR count). The maximum absolute atomic E-state index is 6.37. The van der Waals surface area contributed by atoms with Crippen LogP contribution in [0.4, 0.5) is 0 Å². The molecule has 2 unspecified atom stereocenters. The summed E-state index contributed by atoms with van der Waals surface area (Å²) >= 11 is 6.37. The summed E-state index contributed by atoms with van der Waals surface area (Å²) in [6.07, 6.45) is 5.04. The standard InChI is InChI=1S/C14H24ClN3O/c1-3-6-16-13(11-5-8-19-10-11)14-12(15)9-17-18(14)7-4-2/h9,11,13,16H,3-8,10H2,1-2H3. The van der Waals surface area contributed by atoms with Crippen LogP contribution in [0.2, 0.25) is 5.02 Å². The van der Waals surface area contributed by atoms with Gasteiger partial charge in [-0.2, -0.15) is 5.10 Å². The molecule has 0 saturated carbocycles. The molecule has 4 nitrogen and oxygen atoms in total. The summed E-state index contributed by atoms with van der Waals surface area (Å²) in [6, 6.07) is 0.254. The van der Waals surface area contributed by atoms with Crippen molar-refractivity contribution in [3.8, 4) is 0 Å². The van der Waals surface area contributed by atoms with E-state index in [4.69, 9.17) is 16.3 Å². The normalized spacial score (nSPS) is 20.9. The van der Waals surface area contributed by atoms with E-state index in [9.17, 15) is 0 Å². The second kappa shape index (κ2) is 7.27. The molecule has 2 heterocycles. The molecule has 0 amide bonds. The van der Waals surface area contributed by atoms with Crippen LogP contribution < -0.4 is 5.32 Å². The molecule has 1 aliphatic rings. The zero-order chi connectivity index (χ0) is 13.7. The second-order valence-corrected chi connectivity index (χ2v) is 5.56. The van der Waals surface area contributed by atoms with Crippen molar-refractivity contribution in [3.05, 3.63) is 16.9 Å². The maximum Gasteiger partial charge on any atom is 0.0834 e. The number of nitrogens with zero attached hydrogens (tertiary/aromatic N) is 2. The fourth-order valence-electron chi connectivity index (χ4n) is 2.67. The van der Waals surface area contributed by atoms with Crippen molar-refractivity contribution in [2.75, 3.05) is 19.8 Å². The van der Waals surface area contributed by atoms with E-state index in [0.717, 1.165) is 56.3 Å². The SMILES string of the molecule is CCCNC(c1c(Cl)cnn1CCC)C1CCOC1. The molecule has 0 aromatic carbocycles. The summed E-state index contributed by atoms with van der Waals surface area (Å²) in [7, 11) is 0. The third kappa shape index (κ3) is 3.50. The van der Waals surface area contributed by atoms with E-state index in [2.05, 4.69) is 24.3 Å². The Hall–Kier alpha value is -0.580. The molecule has 108 valence electrons. The van der Waals surface area contributed by atoms with Gasteiger partial charge in [-0.15, -0.1) is 0 Å². The number of hydrogen-bond acceptors (Lipinski definition) is 3. The highest BCUT2D eigenvalue weighted by molar-refractivity contribution is 6.31. The number of rotatable bonds is 7. The largest absolute Gasteiger partial charge is 0.381 e. The van der Waals surface area contributed by atoms with Crippen molar-refractivity contribution in [3.63, 3.8) is 0 Å². The lowest BCUT2D eigenvalue weighted by Crippen LogP contribution is -2.31. The topological polar surface area (TPSA) is 39.1 Å². The Bertz CT molecular complexity index is 388. The van der Waals surface area contributed by atoms with Gasteiger partial charge >= 0.3 is 0 Å². The summed E-state index contributed by atoms with van der Waals surface area (Å²) in [5.41, 5.74) is 1.13. The van der Waals surface area contributed by atoms with Crippen LogP contribution in [0.25, 0.3) is 0 Å². The van der Waals surface area contributed by atoms with Gasteiger partial charge < -0.3 is 10.1 Å². The number of nitrogens with one attached hydrogen (secondary N) is 1. The van der Waals surface area contributed by atoms with Gasteiger partial charge in [-0.25, -0.2) is 0 Å². The number of aromatic nitrogens is 2. The highest BCUT2D eigenvalue weighted by Gasteiger charge is 2.30. The summed E-state index contributed by atoms with van der Waals surface area (Å²) < 4.78 is 7.59. The van der Waals surface area contributed by atoms with E-state index in [1.807, 2.05) is 4.68 Å². The quantitative estimate of drug-likeness (QED) is 0.837. The van der Waals surface area contributed by atoms with Gasteiger partial charge in [0.1, 0.15) is 0 Å². The summed E-state index contributed by atoms with van der Waals surface area (Å²) in [4.78, 5) is 0. The zero-order valence-corrected chi connectivity index (χ0v) is 12.6. The number of aryl methyl sites for hydroxylation is 1. The molecule has 1 aromatic rings. The Balaban J connectivity index is 2.22. The smallest absolute Gasteiger partial charge is 0.0834 e. The van der Waals surface area contributed by atoms with Crippen molar-refractivity contribution in [2.24, 2.45) is 5.92 Å². The molecular formula is C14H24ClN3O. The van der Waals surface area contributed by atoms with Crippen LogP contribution in [0, 0.1) is 5.92 Å². The van der Waals surface area contributed by atoms with E-state index < -0.39 is 0 Å². The molecule has 0 spiro atoms. The van der Waals surface area contributed by atoms with Gasteiger partial charge in [-0.3, -0.25) is 4.68 Å². The summed E-state index contributed by atoms with van der Waals surface area (Å²) in [6.45, 7) is 7.92. The number of hydrogen-bond donors (Lipinski definition) is 1. The molecule has 0 radical (unpaired) electrons. The molecule has 1 aliphatic heterocycles. The Labute approximate surface area is 120 Å². The first-order chi connectivity index (χ1) is 9.27. The van der Waals surface area contributed by atoms with E-state index in [1.165, 1.54) is 0 Å². The van der Waals surface area contributed by atoms with E-state index in [-0.39, 0.29) is 6.04 Å². The third-order valence-corrected chi connectivity index (χ3v) is 3.91. The van der Waals surface area contributed by atoms with Crippen molar-refractivity contribution in [1.29, 1.82) is 0 Å². The first-order valence-electron chi connectivity index (χ1n) is 7.30. The number of halogens is 1. The van der Waals surface area contributed by atoms with Gasteiger partial charge in [-0.1, -0.05) is 25.4 Å². The molecule has 1 fully saturated rings. The van der Waals surface area contributed by atoms with Gasteiger partial charge in [0.2, 0.25) is 0 Å². The van der Waals surface area contributed by atoms with Gasteiger partial charge in [0.15, 0.2) is 0 Å². The van der Waals surface area contributed by atoms with Crippen LogP contribution in [0.5, 0.6) is 0 Å². The fourth-order valence-corrected chi connectivity index (χ4v) is 2.93. The van der Waals surface area contributed by atoms with Crippen molar-refractivity contribution in [1.82, 2.24) is 15.1 Å². The molecule has 1 saturated heterocycles. The van der Waals surface area contributed by atoms with Crippen LogP contribution in [0.15, 0.2) is 6.20 Å². The minimum atomic E-state index is 0.254. The fraction of sp³-hybridized carbons (Fsp3) is 0.786. The molecule has 0 aliphatic carbocycles. The summed E-state index contributed by atoms with van der Waals surface area (Å²) in [5.74, 6) is 0.497. The second-order valence-electron chi connectivity index (χ2n) is 5.16. The Morgan fingerprint density at radius 2 is 2.37 bits per heavy atom. The molecule has 19 heavy (non-hydrogen) atoms. The maximum atomic E-state index is 6.37. The number of ether oxygens (including phenoxy) is 1. The molecular weight excluding hydrogens is 262 g/mol. The molecule has 2 atom stereocenters. The van der Waals surface area contributed by atoms with Gasteiger partial charge in [0.05, 0.1) is 29.6 Å². The van der Waals surface area contributed by atoms with Crippen LogP contribution in [-0.2, 0) is 11.3 Å². The van der Waals surface area contributed by atoms with Crippen molar-refractivity contribution >= 4 is 11.6 Å². The summed E-state index contributed by atoms with van der Waals surface area (Å²) in [5, 5.41) is 8.81.